The van der Waals surface area contributed by atoms with Crippen LogP contribution in [0.4, 0.5) is 11.4 Å². The van der Waals surface area contributed by atoms with Gasteiger partial charge >= 0.3 is 0 Å². The van der Waals surface area contributed by atoms with Crippen molar-refractivity contribution in [3.05, 3.63) is 40.7 Å². The zero-order chi connectivity index (χ0) is 13.4. The molecule has 0 spiro atoms. The number of fused-ring (bicyclic) bond motifs is 1. The Morgan fingerprint density at radius 3 is 2.89 bits per heavy atom. The topological polar surface area (TPSA) is 33.1 Å². The molecule has 1 aliphatic rings. The molecule has 0 saturated heterocycles. The van der Waals surface area contributed by atoms with Crippen LogP contribution in [0.15, 0.2) is 24.3 Å². The molecule has 2 heterocycles. The summed E-state index contributed by atoms with van der Waals surface area (Å²) in [6.45, 7) is 4.65. The molecular weight excluding hydrogens is 260 g/mol. The average Bonchev–Trinajstić information content (AvgIpc) is 2.66. The summed E-state index contributed by atoms with van der Waals surface area (Å²) in [5, 5.41) is 8.57. The predicted molar refractivity (Wildman–Crippen MR) is 78.9 cm³/mol. The fraction of sp³-hybridized carbons (Fsp3) is 0.357. The summed E-state index contributed by atoms with van der Waals surface area (Å²) < 4.78 is 1.88. The number of nitrogens with zero attached hydrogens (tertiary/aromatic N) is 3. The molecule has 100 valence electrons. The third-order valence-electron chi connectivity index (χ3n) is 3.54. The van der Waals surface area contributed by atoms with Gasteiger partial charge in [0.15, 0.2) is 0 Å². The Hall–Kier alpha value is -1.68. The largest absolute Gasteiger partial charge is 0.382 e. The number of anilines is 2. The SMILES string of the molecule is Cc1nn(C)c(CN2CCNc3ccccc32)c1Cl. The van der Waals surface area contributed by atoms with E-state index in [4.69, 9.17) is 11.6 Å². The van der Waals surface area contributed by atoms with Gasteiger partial charge in [0.2, 0.25) is 0 Å². The quantitative estimate of drug-likeness (QED) is 0.916. The molecule has 0 amide bonds. The van der Waals surface area contributed by atoms with E-state index in [1.54, 1.807) is 0 Å². The van der Waals surface area contributed by atoms with Crippen LogP contribution in [0.1, 0.15) is 11.4 Å². The number of halogens is 1. The lowest BCUT2D eigenvalue weighted by Gasteiger charge is -2.32. The van der Waals surface area contributed by atoms with Crippen molar-refractivity contribution in [3.8, 4) is 0 Å². The fourth-order valence-electron chi connectivity index (χ4n) is 2.54. The van der Waals surface area contributed by atoms with Crippen molar-refractivity contribution in [3.63, 3.8) is 0 Å². The number of hydrogen-bond acceptors (Lipinski definition) is 3. The second kappa shape index (κ2) is 4.78. The molecule has 1 aromatic heterocycles. The normalized spacial score (nSPS) is 14.2. The summed E-state index contributed by atoms with van der Waals surface area (Å²) in [5.74, 6) is 0. The van der Waals surface area contributed by atoms with E-state index in [1.807, 2.05) is 18.7 Å². The van der Waals surface area contributed by atoms with Crippen molar-refractivity contribution in [2.75, 3.05) is 23.3 Å². The highest BCUT2D eigenvalue weighted by Crippen LogP contribution is 2.31. The van der Waals surface area contributed by atoms with Crippen molar-refractivity contribution >= 4 is 23.0 Å². The lowest BCUT2D eigenvalue weighted by atomic mass is 10.2. The average molecular weight is 277 g/mol. The summed E-state index contributed by atoms with van der Waals surface area (Å²) in [6, 6.07) is 8.36. The third kappa shape index (κ3) is 2.16. The number of nitrogens with one attached hydrogen (secondary N) is 1. The molecule has 0 radical (unpaired) electrons. The Bertz CT molecular complexity index is 605. The molecule has 0 unspecified atom stereocenters. The molecule has 5 heteroatoms. The van der Waals surface area contributed by atoms with E-state index >= 15 is 0 Å². The molecule has 0 fully saturated rings. The Morgan fingerprint density at radius 2 is 2.16 bits per heavy atom. The van der Waals surface area contributed by atoms with E-state index < -0.39 is 0 Å². The second-order valence-electron chi connectivity index (χ2n) is 4.84. The summed E-state index contributed by atoms with van der Waals surface area (Å²) in [7, 11) is 1.95. The molecule has 3 rings (SSSR count). The highest BCUT2D eigenvalue weighted by molar-refractivity contribution is 6.31. The molecular formula is C14H17ClN4. The first-order valence-corrected chi connectivity index (χ1v) is 6.80. The molecule has 1 aromatic carbocycles. The van der Waals surface area contributed by atoms with Crippen LogP contribution in [0.25, 0.3) is 0 Å². The Labute approximate surface area is 118 Å². The van der Waals surface area contributed by atoms with Crippen LogP contribution in [-0.4, -0.2) is 22.9 Å². The number of para-hydroxylation sites is 2. The Morgan fingerprint density at radius 1 is 1.37 bits per heavy atom. The number of aryl methyl sites for hydroxylation is 2. The predicted octanol–water partition coefficient (Wildman–Crippen LogP) is 2.81. The first kappa shape index (κ1) is 12.4. The van der Waals surface area contributed by atoms with Gasteiger partial charge in [0.25, 0.3) is 0 Å². The van der Waals surface area contributed by atoms with E-state index in [0.717, 1.165) is 36.0 Å². The van der Waals surface area contributed by atoms with Gasteiger partial charge in [0.1, 0.15) is 0 Å². The third-order valence-corrected chi connectivity index (χ3v) is 4.04. The minimum absolute atomic E-state index is 0.776. The summed E-state index contributed by atoms with van der Waals surface area (Å²) in [6.07, 6.45) is 0. The zero-order valence-electron chi connectivity index (χ0n) is 11.2. The van der Waals surface area contributed by atoms with Crippen molar-refractivity contribution < 1.29 is 0 Å². The van der Waals surface area contributed by atoms with Crippen LogP contribution in [0.2, 0.25) is 5.02 Å². The van der Waals surface area contributed by atoms with E-state index in [1.165, 1.54) is 11.4 Å². The van der Waals surface area contributed by atoms with Gasteiger partial charge in [-0.2, -0.15) is 5.10 Å². The van der Waals surface area contributed by atoms with Gasteiger partial charge in [-0.15, -0.1) is 0 Å². The fourth-order valence-corrected chi connectivity index (χ4v) is 2.76. The van der Waals surface area contributed by atoms with Crippen molar-refractivity contribution in [2.45, 2.75) is 13.5 Å². The number of rotatable bonds is 2. The van der Waals surface area contributed by atoms with E-state index in [2.05, 4.69) is 39.6 Å². The summed E-state index contributed by atoms with van der Waals surface area (Å²) in [5.41, 5.74) is 4.37. The van der Waals surface area contributed by atoms with Crippen molar-refractivity contribution in [2.24, 2.45) is 7.05 Å². The van der Waals surface area contributed by atoms with E-state index in [0.29, 0.717) is 0 Å². The molecule has 0 aliphatic carbocycles. The zero-order valence-corrected chi connectivity index (χ0v) is 11.9. The van der Waals surface area contributed by atoms with Gasteiger partial charge in [-0.25, -0.2) is 0 Å². The molecule has 4 nitrogen and oxygen atoms in total. The Kier molecular flexibility index (Phi) is 3.11. The van der Waals surface area contributed by atoms with Crippen LogP contribution in [0.3, 0.4) is 0 Å². The van der Waals surface area contributed by atoms with E-state index in [9.17, 15) is 0 Å². The van der Waals surface area contributed by atoms with Crippen LogP contribution < -0.4 is 10.2 Å². The lowest BCUT2D eigenvalue weighted by molar-refractivity contribution is 0.674. The molecule has 19 heavy (non-hydrogen) atoms. The monoisotopic (exact) mass is 276 g/mol. The standard InChI is InChI=1S/C14H17ClN4/c1-10-14(15)13(18(2)17-10)9-19-8-7-16-11-5-3-4-6-12(11)19/h3-6,16H,7-9H2,1-2H3. The second-order valence-corrected chi connectivity index (χ2v) is 5.21. The van der Waals surface area contributed by atoms with Crippen LogP contribution >= 0.6 is 11.6 Å². The molecule has 0 saturated carbocycles. The highest BCUT2D eigenvalue weighted by atomic mass is 35.5. The number of benzene rings is 1. The summed E-state index contributed by atoms with van der Waals surface area (Å²) in [4.78, 5) is 2.34. The number of hydrogen-bond donors (Lipinski definition) is 1. The maximum absolute atomic E-state index is 6.33. The van der Waals surface area contributed by atoms with Gasteiger partial charge in [-0.05, 0) is 19.1 Å². The maximum Gasteiger partial charge on any atom is 0.0865 e. The maximum atomic E-state index is 6.33. The lowest BCUT2D eigenvalue weighted by Crippen LogP contribution is -2.34. The van der Waals surface area contributed by atoms with Crippen molar-refractivity contribution in [1.82, 2.24) is 9.78 Å². The Balaban J connectivity index is 1.93. The minimum atomic E-state index is 0.776. The molecule has 1 aliphatic heterocycles. The first-order chi connectivity index (χ1) is 9.16. The van der Waals surface area contributed by atoms with Gasteiger partial charge in [-0.1, -0.05) is 23.7 Å². The van der Waals surface area contributed by atoms with Gasteiger partial charge in [0, 0.05) is 20.1 Å². The van der Waals surface area contributed by atoms with Crippen LogP contribution in [0.5, 0.6) is 0 Å². The minimum Gasteiger partial charge on any atom is -0.382 e. The van der Waals surface area contributed by atoms with Gasteiger partial charge < -0.3 is 10.2 Å². The molecule has 2 aromatic rings. The number of aromatic nitrogens is 2. The molecule has 0 atom stereocenters. The van der Waals surface area contributed by atoms with Crippen LogP contribution in [0, 0.1) is 6.92 Å². The van der Waals surface area contributed by atoms with Gasteiger partial charge in [-0.3, -0.25) is 4.68 Å². The first-order valence-electron chi connectivity index (χ1n) is 6.42. The van der Waals surface area contributed by atoms with Crippen LogP contribution in [-0.2, 0) is 13.6 Å². The van der Waals surface area contributed by atoms with Gasteiger partial charge in [0.05, 0.1) is 34.3 Å². The highest BCUT2D eigenvalue weighted by Gasteiger charge is 2.19. The summed E-state index contributed by atoms with van der Waals surface area (Å²) >= 11 is 6.33. The molecule has 0 bridgehead atoms. The molecule has 1 N–H and O–H groups in total. The van der Waals surface area contributed by atoms with E-state index in [-0.39, 0.29) is 0 Å². The smallest absolute Gasteiger partial charge is 0.0865 e. The van der Waals surface area contributed by atoms with Crippen molar-refractivity contribution in [1.29, 1.82) is 0 Å².